The van der Waals surface area contributed by atoms with Gasteiger partial charge in [-0.1, -0.05) is 72.8 Å². The van der Waals surface area contributed by atoms with Gasteiger partial charge < -0.3 is 10.0 Å². The number of Topliss-reactive ketones (excluding diaryl/α,β-unsaturated/α-hetero) is 1. The third-order valence-corrected chi connectivity index (χ3v) is 4.92. The maximum Gasteiger partial charge on any atom is 0.195 e. The zero-order chi connectivity index (χ0) is 19.7. The van der Waals surface area contributed by atoms with E-state index in [9.17, 15) is 9.90 Å². The molecule has 0 aliphatic carbocycles. The molecule has 0 amide bonds. The summed E-state index contributed by atoms with van der Waals surface area (Å²) in [6.45, 7) is 6.01. The topological polar surface area (TPSA) is 53.4 Å². The van der Waals surface area contributed by atoms with Crippen molar-refractivity contribution in [2.45, 2.75) is 13.0 Å². The number of nitrogens with zero attached hydrogens (tertiary/aromatic N) is 2. The molecule has 0 radical (unpaired) electrons. The van der Waals surface area contributed by atoms with Gasteiger partial charge >= 0.3 is 0 Å². The fourth-order valence-electron chi connectivity index (χ4n) is 3.49. The lowest BCUT2D eigenvalue weighted by Crippen LogP contribution is -2.26. The van der Waals surface area contributed by atoms with Crippen molar-refractivity contribution in [3.8, 4) is 0 Å². The second kappa shape index (κ2) is 7.16. The second-order valence-electron chi connectivity index (χ2n) is 6.78. The molecule has 28 heavy (non-hydrogen) atoms. The molecular formula is C24H20N2O2. The third kappa shape index (κ3) is 2.99. The van der Waals surface area contributed by atoms with E-state index in [0.29, 0.717) is 22.7 Å². The fourth-order valence-corrected chi connectivity index (χ4v) is 3.49. The monoisotopic (exact) mass is 368 g/mol. The highest BCUT2D eigenvalue weighted by Gasteiger charge is 2.41. The van der Waals surface area contributed by atoms with Gasteiger partial charge in [-0.15, -0.1) is 0 Å². The molecule has 0 fully saturated rings. The van der Waals surface area contributed by atoms with E-state index >= 15 is 0 Å². The Hall–Kier alpha value is -3.66. The standard InChI is InChI=1S/C24H20N2O2/c1-16-11-13-19(14-12-16)24(28)21-22(18-8-4-3-5-9-18)26(17(2)23(21)27)20-10-6-7-15-25-20/h3-15,22,27H,2H2,1H3. The van der Waals surface area contributed by atoms with Crippen LogP contribution in [0.15, 0.2) is 103 Å². The zero-order valence-corrected chi connectivity index (χ0v) is 15.5. The van der Waals surface area contributed by atoms with E-state index in [1.54, 1.807) is 18.3 Å². The van der Waals surface area contributed by atoms with Crippen LogP contribution in [-0.2, 0) is 0 Å². The first-order chi connectivity index (χ1) is 13.6. The number of aliphatic hydroxyl groups is 1. The van der Waals surface area contributed by atoms with Crippen molar-refractivity contribution in [3.05, 3.63) is 119 Å². The van der Waals surface area contributed by atoms with E-state index in [1.165, 1.54) is 0 Å². The molecule has 138 valence electrons. The van der Waals surface area contributed by atoms with E-state index in [-0.39, 0.29) is 11.5 Å². The smallest absolute Gasteiger partial charge is 0.195 e. The molecule has 0 saturated carbocycles. The molecule has 1 aliphatic heterocycles. The van der Waals surface area contributed by atoms with Crippen LogP contribution in [0.2, 0.25) is 0 Å². The summed E-state index contributed by atoms with van der Waals surface area (Å²) in [5.41, 5.74) is 3.16. The van der Waals surface area contributed by atoms with Gasteiger partial charge in [0, 0.05) is 11.8 Å². The summed E-state index contributed by atoms with van der Waals surface area (Å²) in [7, 11) is 0. The second-order valence-corrected chi connectivity index (χ2v) is 6.78. The summed E-state index contributed by atoms with van der Waals surface area (Å²) < 4.78 is 0. The van der Waals surface area contributed by atoms with Gasteiger partial charge in [-0.3, -0.25) is 4.79 Å². The average molecular weight is 368 g/mol. The van der Waals surface area contributed by atoms with Crippen molar-refractivity contribution in [1.29, 1.82) is 0 Å². The number of aliphatic hydroxyl groups excluding tert-OH is 1. The number of hydrogen-bond acceptors (Lipinski definition) is 4. The molecular weight excluding hydrogens is 348 g/mol. The Balaban J connectivity index is 1.86. The number of aryl methyl sites for hydroxylation is 1. The number of aromatic nitrogens is 1. The summed E-state index contributed by atoms with van der Waals surface area (Å²) in [6, 6.07) is 22.0. The SMILES string of the molecule is C=C1C(O)=C(C(=O)c2ccc(C)cc2)C(c2ccccc2)N1c1ccccn1. The number of rotatable bonds is 4. The lowest BCUT2D eigenvalue weighted by Gasteiger charge is -2.28. The predicted molar refractivity (Wildman–Crippen MR) is 110 cm³/mol. The Kier molecular flexibility index (Phi) is 4.53. The highest BCUT2D eigenvalue weighted by Crippen LogP contribution is 2.44. The minimum Gasteiger partial charge on any atom is -0.505 e. The molecule has 2 heterocycles. The molecule has 1 atom stereocenters. The zero-order valence-electron chi connectivity index (χ0n) is 15.5. The van der Waals surface area contributed by atoms with Crippen LogP contribution in [0.4, 0.5) is 5.82 Å². The molecule has 1 unspecified atom stereocenters. The van der Waals surface area contributed by atoms with Gasteiger partial charge in [0.2, 0.25) is 0 Å². The molecule has 4 nitrogen and oxygen atoms in total. The van der Waals surface area contributed by atoms with Gasteiger partial charge in [-0.25, -0.2) is 4.98 Å². The summed E-state index contributed by atoms with van der Waals surface area (Å²) >= 11 is 0. The highest BCUT2D eigenvalue weighted by molar-refractivity contribution is 6.11. The van der Waals surface area contributed by atoms with E-state index in [0.717, 1.165) is 11.1 Å². The Morgan fingerprint density at radius 2 is 1.68 bits per heavy atom. The first-order valence-electron chi connectivity index (χ1n) is 9.07. The lowest BCUT2D eigenvalue weighted by molar-refractivity contribution is 0.102. The largest absolute Gasteiger partial charge is 0.505 e. The fraction of sp³-hybridized carbons (Fsp3) is 0.0833. The molecule has 1 aromatic heterocycles. The van der Waals surface area contributed by atoms with Crippen molar-refractivity contribution in [2.75, 3.05) is 4.90 Å². The molecule has 4 rings (SSSR count). The van der Waals surface area contributed by atoms with Crippen molar-refractivity contribution < 1.29 is 9.90 Å². The third-order valence-electron chi connectivity index (χ3n) is 4.92. The molecule has 4 heteroatoms. The van der Waals surface area contributed by atoms with Crippen molar-refractivity contribution >= 4 is 11.6 Å². The van der Waals surface area contributed by atoms with Crippen LogP contribution in [-0.4, -0.2) is 15.9 Å². The van der Waals surface area contributed by atoms with Crippen LogP contribution in [0, 0.1) is 6.92 Å². The van der Waals surface area contributed by atoms with Crippen LogP contribution >= 0.6 is 0 Å². The maximum absolute atomic E-state index is 13.4. The van der Waals surface area contributed by atoms with E-state index < -0.39 is 6.04 Å². The van der Waals surface area contributed by atoms with Gasteiger partial charge in [-0.05, 0) is 24.6 Å². The molecule has 0 spiro atoms. The van der Waals surface area contributed by atoms with Crippen molar-refractivity contribution in [2.24, 2.45) is 0 Å². The molecule has 0 saturated heterocycles. The number of carbonyl (C=O) groups excluding carboxylic acids is 1. The summed E-state index contributed by atoms with van der Waals surface area (Å²) in [6.07, 6.45) is 1.68. The number of benzene rings is 2. The molecule has 3 aromatic rings. The molecule has 0 bridgehead atoms. The number of pyridine rings is 1. The van der Waals surface area contributed by atoms with E-state index in [2.05, 4.69) is 11.6 Å². The van der Waals surface area contributed by atoms with Crippen LogP contribution in [0.3, 0.4) is 0 Å². The molecule has 2 aromatic carbocycles. The van der Waals surface area contributed by atoms with Crippen molar-refractivity contribution in [3.63, 3.8) is 0 Å². The minimum atomic E-state index is -0.502. The number of hydrogen-bond donors (Lipinski definition) is 1. The van der Waals surface area contributed by atoms with Crippen LogP contribution in [0.1, 0.15) is 27.5 Å². The Bertz CT molecular complexity index is 1050. The number of anilines is 1. The minimum absolute atomic E-state index is 0.0925. The Morgan fingerprint density at radius 1 is 1.00 bits per heavy atom. The Labute approximate surface area is 164 Å². The number of carbonyl (C=O) groups is 1. The summed E-state index contributed by atoms with van der Waals surface area (Å²) in [4.78, 5) is 19.6. The van der Waals surface area contributed by atoms with Gasteiger partial charge in [-0.2, -0.15) is 0 Å². The van der Waals surface area contributed by atoms with Gasteiger partial charge in [0.1, 0.15) is 11.6 Å². The molecule has 1 N–H and O–H groups in total. The van der Waals surface area contributed by atoms with Crippen LogP contribution < -0.4 is 4.90 Å². The van der Waals surface area contributed by atoms with Gasteiger partial charge in [0.15, 0.2) is 5.78 Å². The van der Waals surface area contributed by atoms with E-state index in [4.69, 9.17) is 0 Å². The normalized spacial score (nSPS) is 16.5. The molecule has 1 aliphatic rings. The first kappa shape index (κ1) is 17.7. The van der Waals surface area contributed by atoms with Gasteiger partial charge in [0.05, 0.1) is 17.3 Å². The van der Waals surface area contributed by atoms with Gasteiger partial charge in [0.25, 0.3) is 0 Å². The summed E-state index contributed by atoms with van der Waals surface area (Å²) in [5, 5.41) is 10.9. The quantitative estimate of drug-likeness (QED) is 0.646. The van der Waals surface area contributed by atoms with Crippen LogP contribution in [0.25, 0.3) is 0 Å². The Morgan fingerprint density at radius 3 is 2.32 bits per heavy atom. The first-order valence-corrected chi connectivity index (χ1v) is 9.07. The van der Waals surface area contributed by atoms with E-state index in [1.807, 2.05) is 72.5 Å². The summed E-state index contributed by atoms with van der Waals surface area (Å²) in [5.74, 6) is 0.315. The lowest BCUT2D eigenvalue weighted by atomic mass is 9.92. The maximum atomic E-state index is 13.4. The average Bonchev–Trinajstić information content (AvgIpc) is 3.00. The van der Waals surface area contributed by atoms with Crippen LogP contribution in [0.5, 0.6) is 0 Å². The predicted octanol–water partition coefficient (Wildman–Crippen LogP) is 5.16. The highest BCUT2D eigenvalue weighted by atomic mass is 16.3. The number of ketones is 1. The van der Waals surface area contributed by atoms with Crippen molar-refractivity contribution in [1.82, 2.24) is 4.98 Å².